The van der Waals surface area contributed by atoms with Crippen molar-refractivity contribution in [2.75, 3.05) is 34.5 Å². The number of hydrogen-bond acceptors (Lipinski definition) is 12. The molecule has 12 nitrogen and oxygen atoms in total. The fourth-order valence-electron chi connectivity index (χ4n) is 3.43. The van der Waals surface area contributed by atoms with Crippen LogP contribution in [0.25, 0.3) is 0 Å². The van der Waals surface area contributed by atoms with Crippen molar-refractivity contribution >= 4 is 6.29 Å². The fraction of sp³-hybridized carbons (Fsp3) is 0.696. The molecule has 0 bridgehead atoms. The number of benzene rings is 1. The van der Waals surface area contributed by atoms with E-state index >= 15 is 0 Å². The lowest BCUT2D eigenvalue weighted by Crippen LogP contribution is -2.43. The van der Waals surface area contributed by atoms with Crippen LogP contribution in [0.3, 0.4) is 0 Å². The first-order valence-electron chi connectivity index (χ1n) is 11.3. The number of nitrogens with two attached hydrogens (primary N) is 1. The van der Waals surface area contributed by atoms with Crippen LogP contribution in [0.1, 0.15) is 37.3 Å². The highest BCUT2D eigenvalue weighted by atomic mass is 16.7. The average Bonchev–Trinajstić information content (AvgIpc) is 2.90. The number of nitrogens with one attached hydrogen (secondary N) is 1. The van der Waals surface area contributed by atoms with Crippen LogP contribution >= 0.6 is 0 Å². The van der Waals surface area contributed by atoms with E-state index in [-0.39, 0.29) is 31.6 Å². The predicted molar refractivity (Wildman–Crippen MR) is 127 cm³/mol. The third kappa shape index (κ3) is 12.7. The first kappa shape index (κ1) is 33.3. The Labute approximate surface area is 206 Å². The molecule has 1 aromatic rings. The number of aliphatic hydroxyl groups is 6. The molecule has 2 fully saturated rings. The van der Waals surface area contributed by atoms with Crippen molar-refractivity contribution in [3.63, 3.8) is 0 Å². The fourth-order valence-corrected chi connectivity index (χ4v) is 3.43. The molecule has 1 aromatic carbocycles. The molecule has 9 N–H and O–H groups in total. The Morgan fingerprint density at radius 2 is 1.49 bits per heavy atom. The van der Waals surface area contributed by atoms with Crippen molar-refractivity contribution in [1.29, 1.82) is 0 Å². The molecule has 0 saturated carbocycles. The van der Waals surface area contributed by atoms with Gasteiger partial charge in [-0.3, -0.25) is 5.32 Å². The largest absolute Gasteiger partial charge is 0.465 e. The molecular formula is C23H42N2O10. The first-order chi connectivity index (χ1) is 16.9. The van der Waals surface area contributed by atoms with Gasteiger partial charge in [-0.2, -0.15) is 0 Å². The van der Waals surface area contributed by atoms with Gasteiger partial charge in [0.05, 0.1) is 43.7 Å². The molecule has 0 aromatic heterocycles. The van der Waals surface area contributed by atoms with Gasteiger partial charge in [0, 0.05) is 39.9 Å². The summed E-state index contributed by atoms with van der Waals surface area (Å²) in [4.78, 5) is 10.6. The number of ether oxygens (including phenoxy) is 3. The smallest absolute Gasteiger partial charge is 0.202 e. The van der Waals surface area contributed by atoms with Gasteiger partial charge in [0.15, 0.2) is 0 Å². The topological polar surface area (TPSA) is 204 Å². The molecular weight excluding hydrogens is 464 g/mol. The quantitative estimate of drug-likeness (QED) is 0.197. The van der Waals surface area contributed by atoms with Gasteiger partial charge in [0.1, 0.15) is 18.3 Å². The Bertz CT molecular complexity index is 640. The highest BCUT2D eigenvalue weighted by Gasteiger charge is 2.29. The van der Waals surface area contributed by atoms with Crippen LogP contribution in [0.4, 0.5) is 0 Å². The molecule has 12 heteroatoms. The van der Waals surface area contributed by atoms with Crippen LogP contribution in [0.2, 0.25) is 0 Å². The van der Waals surface area contributed by atoms with Crippen LogP contribution < -0.4 is 15.8 Å². The van der Waals surface area contributed by atoms with Crippen molar-refractivity contribution in [2.24, 2.45) is 5.73 Å². The van der Waals surface area contributed by atoms with Crippen LogP contribution in [0, 0.1) is 0 Å². The molecule has 204 valence electrons. The second-order valence-corrected chi connectivity index (χ2v) is 7.69. The predicted octanol–water partition coefficient (Wildman–Crippen LogP) is -1.60. The standard InChI is InChI=1S/C14H19NO5.C7H15NO3.2CH4O/c15-13(8-17)9-1-3-11(4-2-9)19-14-6-10(18)5-12(7-16)20-14;1-8-7-3-5(10)2-6(4-9)11-7;2*1-2/h1-4,8,10,12-14,16,18H,5-7,15H2;5-10H,2-4H2,1H3;2*2H,1H3/t10-,12?,13?,14?;5-,6-,7?;;/m00../s1. The van der Waals surface area contributed by atoms with Crippen molar-refractivity contribution in [2.45, 2.75) is 68.7 Å². The summed E-state index contributed by atoms with van der Waals surface area (Å²) in [5.74, 6) is 0.558. The van der Waals surface area contributed by atoms with E-state index in [0.717, 1.165) is 14.2 Å². The minimum Gasteiger partial charge on any atom is -0.465 e. The van der Waals surface area contributed by atoms with E-state index in [4.69, 9.17) is 40.4 Å². The number of aliphatic hydroxyl groups excluding tert-OH is 6. The second kappa shape index (κ2) is 19.5. The second-order valence-electron chi connectivity index (χ2n) is 7.69. The van der Waals surface area contributed by atoms with E-state index in [0.29, 0.717) is 43.3 Å². The van der Waals surface area contributed by atoms with Crippen LogP contribution in [0.15, 0.2) is 24.3 Å². The van der Waals surface area contributed by atoms with E-state index in [9.17, 15) is 15.0 Å². The Morgan fingerprint density at radius 3 is 1.97 bits per heavy atom. The van der Waals surface area contributed by atoms with Crippen LogP contribution in [0.5, 0.6) is 5.75 Å². The summed E-state index contributed by atoms with van der Waals surface area (Å²) in [6.45, 7) is -0.167. The van der Waals surface area contributed by atoms with Gasteiger partial charge >= 0.3 is 0 Å². The molecule has 2 aliphatic heterocycles. The zero-order valence-corrected chi connectivity index (χ0v) is 20.6. The summed E-state index contributed by atoms with van der Waals surface area (Å²) in [5.41, 5.74) is 6.29. The maximum absolute atomic E-state index is 10.6. The van der Waals surface area contributed by atoms with Gasteiger partial charge in [-0.15, -0.1) is 0 Å². The first-order valence-corrected chi connectivity index (χ1v) is 11.3. The zero-order valence-electron chi connectivity index (χ0n) is 20.6. The lowest BCUT2D eigenvalue weighted by atomic mass is 10.1. The molecule has 3 rings (SSSR count). The highest BCUT2D eigenvalue weighted by Crippen LogP contribution is 2.24. The number of aldehydes is 1. The molecule has 7 atom stereocenters. The Morgan fingerprint density at radius 1 is 0.971 bits per heavy atom. The number of carbonyl (C=O) groups is 1. The molecule has 35 heavy (non-hydrogen) atoms. The summed E-state index contributed by atoms with van der Waals surface area (Å²) < 4.78 is 16.4. The van der Waals surface area contributed by atoms with Crippen LogP contribution in [-0.4, -0.2) is 108 Å². The third-order valence-corrected chi connectivity index (χ3v) is 5.13. The van der Waals surface area contributed by atoms with E-state index in [1.807, 2.05) is 0 Å². The van der Waals surface area contributed by atoms with Crippen molar-refractivity contribution in [3.8, 4) is 5.75 Å². The monoisotopic (exact) mass is 506 g/mol. The van der Waals surface area contributed by atoms with Crippen LogP contribution in [-0.2, 0) is 14.3 Å². The SMILES string of the molecule is CNC1C[C@@H](O)C[C@@H](CO)O1.CO.CO.NC(C=O)c1ccc(OC2C[C@@H](O)CC(CO)O2)cc1. The third-order valence-electron chi connectivity index (χ3n) is 5.13. The van der Waals surface area contributed by atoms with E-state index in [1.165, 1.54) is 0 Å². The molecule has 2 heterocycles. The molecule has 2 aliphatic rings. The minimum atomic E-state index is -0.643. The average molecular weight is 507 g/mol. The number of carbonyl (C=O) groups excluding carboxylic acids is 1. The summed E-state index contributed by atoms with van der Waals surface area (Å²) in [6.07, 6.45) is 0.340. The summed E-state index contributed by atoms with van der Waals surface area (Å²) in [6, 6.07) is 6.15. The summed E-state index contributed by atoms with van der Waals surface area (Å²) in [5, 5.41) is 53.7. The molecule has 0 amide bonds. The Balaban J connectivity index is 0.000000652. The molecule has 0 radical (unpaired) electrons. The normalized spacial score (nSPS) is 28.5. The van der Waals surface area contributed by atoms with Gasteiger partial charge in [-0.25, -0.2) is 0 Å². The van der Waals surface area contributed by atoms with Gasteiger partial charge in [0.2, 0.25) is 6.29 Å². The van der Waals surface area contributed by atoms with Gasteiger partial charge in [-0.1, -0.05) is 12.1 Å². The summed E-state index contributed by atoms with van der Waals surface area (Å²) >= 11 is 0. The van der Waals surface area contributed by atoms with Gasteiger partial charge in [-0.05, 0) is 24.7 Å². The van der Waals surface area contributed by atoms with Crippen molar-refractivity contribution < 1.29 is 49.6 Å². The number of hydrogen-bond donors (Lipinski definition) is 8. The van der Waals surface area contributed by atoms with Crippen molar-refractivity contribution in [3.05, 3.63) is 29.8 Å². The number of rotatable bonds is 7. The Hall–Kier alpha value is -1.71. The highest BCUT2D eigenvalue weighted by molar-refractivity contribution is 5.61. The van der Waals surface area contributed by atoms with Gasteiger partial charge < -0.3 is 55.4 Å². The van der Waals surface area contributed by atoms with E-state index in [2.05, 4.69) is 5.32 Å². The maximum atomic E-state index is 10.6. The molecule has 0 spiro atoms. The summed E-state index contributed by atoms with van der Waals surface area (Å²) in [7, 11) is 3.77. The molecule has 0 aliphatic carbocycles. The molecule has 2 saturated heterocycles. The van der Waals surface area contributed by atoms with Crippen molar-refractivity contribution in [1.82, 2.24) is 5.32 Å². The van der Waals surface area contributed by atoms with E-state index < -0.39 is 24.5 Å². The zero-order chi connectivity index (χ0) is 26.8. The maximum Gasteiger partial charge on any atom is 0.202 e. The Kier molecular flexibility index (Phi) is 18.5. The molecule has 4 unspecified atom stereocenters. The lowest BCUT2D eigenvalue weighted by Gasteiger charge is -2.32. The minimum absolute atomic E-state index is 0.0186. The van der Waals surface area contributed by atoms with Gasteiger partial charge in [0.25, 0.3) is 0 Å². The van der Waals surface area contributed by atoms with E-state index in [1.54, 1.807) is 31.3 Å². The lowest BCUT2D eigenvalue weighted by molar-refractivity contribution is -0.184.